The third-order valence-corrected chi connectivity index (χ3v) is 5.86. The minimum absolute atomic E-state index is 0.750. The van der Waals surface area contributed by atoms with E-state index < -0.39 is 77.0 Å². The summed E-state index contributed by atoms with van der Waals surface area (Å²) in [7, 11) is -0.750. The lowest BCUT2D eigenvalue weighted by Gasteiger charge is -2.17. The Balaban J connectivity index is 0.000000222. The van der Waals surface area contributed by atoms with Crippen LogP contribution in [0.1, 0.15) is 16.7 Å². The van der Waals surface area contributed by atoms with Gasteiger partial charge in [-0.1, -0.05) is 91.0 Å². The largest absolute Gasteiger partial charge is 0.432 e. The molecular weight excluding hydrogens is 605 g/mol. The first-order chi connectivity index (χ1) is 21.0. The van der Waals surface area contributed by atoms with E-state index in [1.54, 1.807) is 0 Å². The third-order valence-electron chi connectivity index (χ3n) is 5.86. The number of halogens is 10. The van der Waals surface area contributed by atoms with Crippen LogP contribution in [0.15, 0.2) is 91.0 Å². The maximum absolute atomic E-state index is 13.4. The molecule has 44 heavy (non-hydrogen) atoms. The van der Waals surface area contributed by atoms with Gasteiger partial charge in [0.15, 0.2) is 46.5 Å². The highest BCUT2D eigenvalue weighted by Crippen LogP contribution is 2.37. The zero-order valence-corrected chi connectivity index (χ0v) is 22.0. The van der Waals surface area contributed by atoms with Crippen molar-refractivity contribution in [3.05, 3.63) is 172 Å². The second-order valence-electron chi connectivity index (χ2n) is 8.50. The van der Waals surface area contributed by atoms with Crippen LogP contribution in [0.5, 0.6) is 0 Å². The first kappa shape index (κ1) is 33.9. The summed E-state index contributed by atoms with van der Waals surface area (Å²) in [6.45, 7) is 0. The van der Waals surface area contributed by atoms with E-state index in [0.717, 1.165) is 0 Å². The molecule has 0 atom stereocenters. The van der Waals surface area contributed by atoms with Crippen LogP contribution in [0, 0.1) is 64.1 Å². The van der Waals surface area contributed by atoms with Crippen LogP contribution in [0.3, 0.4) is 0 Å². The van der Waals surface area contributed by atoms with Crippen molar-refractivity contribution < 1.29 is 54.0 Å². The summed E-state index contributed by atoms with van der Waals surface area (Å²) in [4.78, 5) is 0. The summed E-state index contributed by atoms with van der Waals surface area (Å²) < 4.78 is 131. The Morgan fingerprint density at radius 3 is 0.727 bits per heavy atom. The van der Waals surface area contributed by atoms with Gasteiger partial charge < -0.3 is 10.0 Å². The lowest BCUT2D eigenvalue weighted by atomic mass is 9.85. The molecule has 227 valence electrons. The van der Waals surface area contributed by atoms with Crippen LogP contribution < -0.4 is 0 Å². The van der Waals surface area contributed by atoms with Crippen molar-refractivity contribution in [2.45, 2.75) is 0 Å². The van der Waals surface area contributed by atoms with Crippen molar-refractivity contribution in [3.63, 3.8) is 0 Å². The van der Waals surface area contributed by atoms with Crippen molar-refractivity contribution in [1.82, 2.24) is 0 Å². The van der Waals surface area contributed by atoms with E-state index in [1.165, 1.54) is 22.6 Å². The molecule has 5 aromatic rings. The quantitative estimate of drug-likeness (QED) is 0.0709. The molecule has 0 heterocycles. The molecule has 0 bridgehead atoms. The normalized spacial score (nSPS) is 10.5. The number of rotatable bonds is 4. The van der Waals surface area contributed by atoms with E-state index in [2.05, 4.69) is 91.0 Å². The van der Waals surface area contributed by atoms with Gasteiger partial charge in [-0.15, -0.1) is 0 Å². The Bertz CT molecular complexity index is 1490. The van der Waals surface area contributed by atoms with Crippen molar-refractivity contribution in [2.75, 3.05) is 0 Å². The summed E-state index contributed by atoms with van der Waals surface area (Å²) in [6, 6.07) is 31.6. The van der Waals surface area contributed by atoms with E-state index >= 15 is 0 Å². The summed E-state index contributed by atoms with van der Waals surface area (Å²) in [5.41, 5.74) is -0.770. The van der Waals surface area contributed by atoms with Gasteiger partial charge in [0.2, 0.25) is 11.6 Å². The molecule has 0 saturated carbocycles. The highest BCUT2D eigenvalue weighted by atomic mass is 19.2. The van der Waals surface area contributed by atoms with Crippen molar-refractivity contribution in [1.29, 1.82) is 0 Å². The number of hydrogen-bond acceptors (Lipinski definition) is 2. The molecule has 0 saturated heterocycles. The van der Waals surface area contributed by atoms with Gasteiger partial charge in [0.1, 0.15) is 0 Å². The summed E-state index contributed by atoms with van der Waals surface area (Å²) >= 11 is 0. The minimum atomic E-state index is -2.68. The Hall–Kier alpha value is -4.62. The van der Waals surface area contributed by atoms with Gasteiger partial charge >= 0.3 is 7.69 Å². The summed E-state index contributed by atoms with van der Waals surface area (Å²) in [5.74, 6) is -25.4. The Morgan fingerprint density at radius 1 is 0.341 bits per heavy atom. The average molecular weight is 623 g/mol. The molecule has 2 N–H and O–H groups in total. The van der Waals surface area contributed by atoms with Crippen molar-refractivity contribution >= 4 is 7.69 Å². The van der Waals surface area contributed by atoms with Crippen LogP contribution >= 0.6 is 0 Å². The van der Waals surface area contributed by atoms with Gasteiger partial charge in [-0.25, -0.2) is 43.9 Å². The van der Waals surface area contributed by atoms with Crippen LogP contribution in [0.25, 0.3) is 11.1 Å². The maximum Gasteiger partial charge on any atom is 0.432 e. The second-order valence-corrected chi connectivity index (χ2v) is 8.50. The maximum atomic E-state index is 13.4. The molecule has 13 heteroatoms. The predicted octanol–water partition coefficient (Wildman–Crippen LogP) is 7.69. The third kappa shape index (κ3) is 7.12. The van der Waals surface area contributed by atoms with Gasteiger partial charge in [-0.3, -0.25) is 0 Å². The van der Waals surface area contributed by atoms with Crippen LogP contribution in [0.4, 0.5) is 43.9 Å². The topological polar surface area (TPSA) is 40.5 Å². The van der Waals surface area contributed by atoms with Crippen LogP contribution in [-0.4, -0.2) is 17.7 Å². The van der Waals surface area contributed by atoms with Gasteiger partial charge in [0.25, 0.3) is 0 Å². The molecule has 0 fully saturated rings. The van der Waals surface area contributed by atoms with Crippen LogP contribution in [0.2, 0.25) is 0 Å². The molecule has 0 spiro atoms. The lowest BCUT2D eigenvalue weighted by Crippen LogP contribution is -2.10. The van der Waals surface area contributed by atoms with E-state index in [1.807, 2.05) is 0 Å². The van der Waals surface area contributed by atoms with Crippen molar-refractivity contribution in [2.24, 2.45) is 0 Å². The van der Waals surface area contributed by atoms with Gasteiger partial charge in [0, 0.05) is 0 Å². The monoisotopic (exact) mass is 623 g/mol. The Morgan fingerprint density at radius 2 is 0.523 bits per heavy atom. The van der Waals surface area contributed by atoms with Crippen molar-refractivity contribution in [3.8, 4) is 11.1 Å². The molecule has 0 aliphatic rings. The second kappa shape index (κ2) is 15.2. The smallest absolute Gasteiger partial charge is 0.430 e. The van der Waals surface area contributed by atoms with E-state index in [9.17, 15) is 43.9 Å². The number of benzene rings is 5. The van der Waals surface area contributed by atoms with E-state index in [-0.39, 0.29) is 0 Å². The molecule has 0 aliphatic carbocycles. The fourth-order valence-corrected chi connectivity index (χ4v) is 3.96. The highest BCUT2D eigenvalue weighted by molar-refractivity contribution is 6.13. The van der Waals surface area contributed by atoms with Crippen LogP contribution in [-0.2, 0) is 0 Å². The zero-order valence-electron chi connectivity index (χ0n) is 22.0. The van der Waals surface area contributed by atoms with Gasteiger partial charge in [0.05, 0.1) is 17.0 Å². The molecule has 5 aromatic carbocycles. The first-order valence-corrected chi connectivity index (χ1v) is 12.3. The number of hydrogen-bond donors (Lipinski definition) is 2. The molecular formula is C31H18BF10O2. The molecule has 0 amide bonds. The molecule has 2 nitrogen and oxygen atoms in total. The highest BCUT2D eigenvalue weighted by Gasteiger charge is 2.34. The van der Waals surface area contributed by atoms with Gasteiger partial charge in [-0.05, 0) is 16.7 Å². The fraction of sp³-hybridized carbons (Fsp3) is 0. The fourth-order valence-electron chi connectivity index (χ4n) is 3.96. The Kier molecular flexibility index (Phi) is 11.7. The molecule has 0 aromatic heterocycles. The molecule has 0 unspecified atom stereocenters. The average Bonchev–Trinajstić information content (AvgIpc) is 3.05. The first-order valence-electron chi connectivity index (χ1n) is 12.3. The molecule has 0 aliphatic heterocycles. The van der Waals surface area contributed by atoms with E-state index in [0.29, 0.717) is 0 Å². The summed E-state index contributed by atoms with van der Waals surface area (Å²) in [6.07, 6.45) is 0. The van der Waals surface area contributed by atoms with Gasteiger partial charge in [-0.2, -0.15) is 0 Å². The molecule has 5 rings (SSSR count). The van der Waals surface area contributed by atoms with E-state index in [4.69, 9.17) is 10.0 Å². The minimum Gasteiger partial charge on any atom is -0.430 e. The standard InChI is InChI=1S/C19H15.C12F10.BH3O2/c1-4-10-16(11-5-1)19(17-12-6-2-7-13-17)18-14-8-3-9-15-18;13-3-1(4(14)8(18)11(21)7(3)17)2-5(15)9(19)12(22)10(20)6(2)16;2-1-3/h1-15H;;1-3H. The zero-order chi connectivity index (χ0) is 32.6. The predicted molar refractivity (Wildman–Crippen MR) is 143 cm³/mol. The lowest BCUT2D eigenvalue weighted by molar-refractivity contribution is 0.370. The Labute approximate surface area is 244 Å². The summed E-state index contributed by atoms with van der Waals surface area (Å²) in [5, 5.41) is 14.2. The molecule has 1 radical (unpaired) electrons. The SMILES string of the molecule is Fc1c(F)c(F)c(-c2c(F)c(F)c(F)c(F)c2F)c(F)c1F.OBO.c1ccc([C](c2ccccc2)c2ccccc2)cc1.